The highest BCUT2D eigenvalue weighted by Crippen LogP contribution is 2.27. The van der Waals surface area contributed by atoms with Crippen LogP contribution >= 0.6 is 11.8 Å². The summed E-state index contributed by atoms with van der Waals surface area (Å²) in [5.41, 5.74) is 0.958. The molecule has 6 nitrogen and oxygen atoms in total. The largest absolute Gasteiger partial charge is 0.478 e. The number of nitrogens with zero attached hydrogens (tertiary/aromatic N) is 1. The highest BCUT2D eigenvalue weighted by molar-refractivity contribution is 8.04. The molecule has 21 heavy (non-hydrogen) atoms. The number of nitrogens with one attached hydrogen (secondary N) is 1. The highest BCUT2D eigenvalue weighted by Gasteiger charge is 2.23. The molecule has 2 N–H and O–H groups in total. The first kappa shape index (κ1) is 15.1. The van der Waals surface area contributed by atoms with Crippen LogP contribution in [0.15, 0.2) is 29.3 Å². The molecule has 0 spiro atoms. The molecule has 1 fully saturated rings. The average Bonchev–Trinajstić information content (AvgIpc) is 2.73. The summed E-state index contributed by atoms with van der Waals surface area (Å²) in [5, 5.41) is 12.3. The number of anilines is 1. The van der Waals surface area contributed by atoms with Gasteiger partial charge >= 0.3 is 5.97 Å². The fourth-order valence-corrected chi connectivity index (χ4v) is 2.82. The van der Waals surface area contributed by atoms with Gasteiger partial charge in [-0.05, 0) is 18.6 Å². The lowest BCUT2D eigenvalue weighted by Gasteiger charge is -2.12. The molecule has 110 valence electrons. The average molecular weight is 306 g/mol. The summed E-state index contributed by atoms with van der Waals surface area (Å²) in [6.45, 7) is 1.72. The van der Waals surface area contributed by atoms with E-state index >= 15 is 0 Å². The van der Waals surface area contributed by atoms with E-state index in [1.807, 2.05) is 0 Å². The smallest absolute Gasteiger partial charge is 0.337 e. The van der Waals surface area contributed by atoms with Gasteiger partial charge in [-0.3, -0.25) is 9.59 Å². The first-order valence-electron chi connectivity index (χ1n) is 6.15. The number of benzene rings is 1. The zero-order valence-corrected chi connectivity index (χ0v) is 12.4. The topological polar surface area (TPSA) is 86.7 Å². The Labute approximate surface area is 125 Å². The third-order valence-corrected chi connectivity index (χ3v) is 4.13. The Balaban J connectivity index is 2.23. The van der Waals surface area contributed by atoms with Crippen molar-refractivity contribution in [3.05, 3.63) is 40.4 Å². The third-order valence-electron chi connectivity index (χ3n) is 3.05. The van der Waals surface area contributed by atoms with Crippen LogP contribution in [-0.4, -0.2) is 40.6 Å². The maximum Gasteiger partial charge on any atom is 0.337 e. The van der Waals surface area contributed by atoms with Gasteiger partial charge in [0.2, 0.25) is 5.91 Å². The van der Waals surface area contributed by atoms with Gasteiger partial charge in [0.15, 0.2) is 0 Å². The fraction of sp³-hybridized carbons (Fsp3) is 0.214. The molecular formula is C14H14N2O4S. The molecule has 0 aromatic heterocycles. The number of carboxylic acid groups (broad SMARTS) is 1. The van der Waals surface area contributed by atoms with Crippen molar-refractivity contribution >= 4 is 35.2 Å². The van der Waals surface area contributed by atoms with Crippen molar-refractivity contribution in [1.82, 2.24) is 4.90 Å². The van der Waals surface area contributed by atoms with E-state index in [0.29, 0.717) is 16.3 Å². The SMILES string of the molecule is Cc1cccc(C(=O)O)c1NC(=O)C=C1SCC(=O)N1C. The standard InChI is InChI=1S/C14H14N2O4S/c1-8-4-3-5-9(14(19)20)13(8)15-10(17)6-12-16(2)11(18)7-21-12/h3-6H,7H2,1-2H3,(H,15,17)(H,19,20). The van der Waals surface area contributed by atoms with Gasteiger partial charge in [-0.2, -0.15) is 0 Å². The summed E-state index contributed by atoms with van der Waals surface area (Å²) in [7, 11) is 1.60. The molecule has 1 aliphatic heterocycles. The van der Waals surface area contributed by atoms with Crippen LogP contribution in [0, 0.1) is 6.92 Å². The predicted molar refractivity (Wildman–Crippen MR) is 80.1 cm³/mol. The summed E-state index contributed by atoms with van der Waals surface area (Å²) in [4.78, 5) is 36.0. The Morgan fingerprint density at radius 2 is 2.14 bits per heavy atom. The molecule has 0 bridgehead atoms. The summed E-state index contributed by atoms with van der Waals surface area (Å²) < 4.78 is 0. The minimum Gasteiger partial charge on any atom is -0.478 e. The van der Waals surface area contributed by atoms with Gasteiger partial charge in [-0.25, -0.2) is 4.79 Å². The number of rotatable bonds is 3. The lowest BCUT2D eigenvalue weighted by atomic mass is 10.1. The second-order valence-electron chi connectivity index (χ2n) is 4.52. The molecule has 1 aromatic carbocycles. The quantitative estimate of drug-likeness (QED) is 0.830. The van der Waals surface area contributed by atoms with E-state index in [4.69, 9.17) is 5.11 Å². The van der Waals surface area contributed by atoms with E-state index in [2.05, 4.69) is 5.32 Å². The Morgan fingerprint density at radius 1 is 1.43 bits per heavy atom. The van der Waals surface area contributed by atoms with Crippen molar-refractivity contribution in [3.8, 4) is 0 Å². The Morgan fingerprint density at radius 3 is 2.71 bits per heavy atom. The molecule has 1 aliphatic rings. The monoisotopic (exact) mass is 306 g/mol. The number of para-hydroxylation sites is 1. The summed E-state index contributed by atoms with van der Waals surface area (Å²) in [6.07, 6.45) is 1.30. The molecule has 1 aromatic rings. The lowest BCUT2D eigenvalue weighted by Crippen LogP contribution is -2.20. The van der Waals surface area contributed by atoms with Crippen LogP contribution < -0.4 is 5.32 Å². The number of carbonyl (C=O) groups is 3. The number of aromatic carboxylic acids is 1. The van der Waals surface area contributed by atoms with Crippen molar-refractivity contribution in [2.24, 2.45) is 0 Å². The second kappa shape index (κ2) is 6.01. The molecule has 0 unspecified atom stereocenters. The van der Waals surface area contributed by atoms with E-state index in [0.717, 1.165) is 0 Å². The third kappa shape index (κ3) is 3.25. The molecule has 1 saturated heterocycles. The van der Waals surface area contributed by atoms with Crippen molar-refractivity contribution in [1.29, 1.82) is 0 Å². The zero-order chi connectivity index (χ0) is 15.6. The highest BCUT2D eigenvalue weighted by atomic mass is 32.2. The van der Waals surface area contributed by atoms with Crippen LogP contribution in [0.3, 0.4) is 0 Å². The lowest BCUT2D eigenvalue weighted by molar-refractivity contribution is -0.124. The number of hydrogen-bond donors (Lipinski definition) is 2. The molecule has 0 atom stereocenters. The molecule has 0 saturated carbocycles. The number of thioether (sulfide) groups is 1. The normalized spacial score (nSPS) is 16.4. The number of amides is 2. The number of aryl methyl sites for hydroxylation is 1. The van der Waals surface area contributed by atoms with Crippen LogP contribution in [0.4, 0.5) is 5.69 Å². The second-order valence-corrected chi connectivity index (χ2v) is 5.51. The summed E-state index contributed by atoms with van der Waals surface area (Å²) in [6, 6.07) is 4.76. The van der Waals surface area contributed by atoms with Gasteiger partial charge in [0.1, 0.15) is 0 Å². The number of hydrogen-bond acceptors (Lipinski definition) is 4. The van der Waals surface area contributed by atoms with Crippen LogP contribution in [0.2, 0.25) is 0 Å². The Hall–Kier alpha value is -2.28. The van der Waals surface area contributed by atoms with E-state index in [9.17, 15) is 14.4 Å². The van der Waals surface area contributed by atoms with E-state index in [-0.39, 0.29) is 17.2 Å². The first-order valence-corrected chi connectivity index (χ1v) is 7.13. The van der Waals surface area contributed by atoms with Crippen molar-refractivity contribution < 1.29 is 19.5 Å². The molecule has 2 amide bonds. The van der Waals surface area contributed by atoms with E-state index in [1.54, 1.807) is 26.1 Å². The van der Waals surface area contributed by atoms with Crippen LogP contribution in [-0.2, 0) is 9.59 Å². The predicted octanol–water partition coefficient (Wildman–Crippen LogP) is 1.68. The van der Waals surface area contributed by atoms with Gasteiger partial charge in [0.25, 0.3) is 5.91 Å². The molecule has 1 heterocycles. The summed E-state index contributed by atoms with van der Waals surface area (Å²) in [5.74, 6) is -1.33. The maximum atomic E-state index is 12.0. The van der Waals surface area contributed by atoms with Crippen LogP contribution in [0.1, 0.15) is 15.9 Å². The molecule has 7 heteroatoms. The van der Waals surface area contributed by atoms with E-state index in [1.165, 1.54) is 28.8 Å². The first-order chi connectivity index (χ1) is 9.90. The van der Waals surface area contributed by atoms with Gasteiger partial charge in [-0.15, -0.1) is 0 Å². The fourth-order valence-electron chi connectivity index (χ4n) is 1.87. The van der Waals surface area contributed by atoms with Gasteiger partial charge < -0.3 is 15.3 Å². The van der Waals surface area contributed by atoms with Gasteiger partial charge in [0.05, 0.1) is 22.0 Å². The Bertz CT molecular complexity index is 654. The van der Waals surface area contributed by atoms with Gasteiger partial charge in [-0.1, -0.05) is 23.9 Å². The molecule has 0 radical (unpaired) electrons. The van der Waals surface area contributed by atoms with Gasteiger partial charge in [0, 0.05) is 13.1 Å². The van der Waals surface area contributed by atoms with Crippen molar-refractivity contribution in [3.63, 3.8) is 0 Å². The van der Waals surface area contributed by atoms with Crippen molar-refractivity contribution in [2.75, 3.05) is 18.1 Å². The maximum absolute atomic E-state index is 12.0. The minimum atomic E-state index is -1.11. The molecule has 2 rings (SSSR count). The van der Waals surface area contributed by atoms with Crippen LogP contribution in [0.25, 0.3) is 0 Å². The van der Waals surface area contributed by atoms with E-state index < -0.39 is 11.9 Å². The zero-order valence-electron chi connectivity index (χ0n) is 11.5. The number of carbonyl (C=O) groups excluding carboxylic acids is 2. The number of carboxylic acids is 1. The molecule has 0 aliphatic carbocycles. The van der Waals surface area contributed by atoms with Crippen LogP contribution in [0.5, 0.6) is 0 Å². The summed E-state index contributed by atoms with van der Waals surface area (Å²) >= 11 is 1.27. The minimum absolute atomic E-state index is 0.0326. The Kier molecular flexibility index (Phi) is 4.32. The van der Waals surface area contributed by atoms with Crippen molar-refractivity contribution in [2.45, 2.75) is 6.92 Å². The molecular weight excluding hydrogens is 292 g/mol.